The van der Waals surface area contributed by atoms with Gasteiger partial charge in [0.2, 0.25) is 0 Å². The zero-order chi connectivity index (χ0) is 10.4. The van der Waals surface area contributed by atoms with Gasteiger partial charge in [0.05, 0.1) is 6.54 Å². The number of nitrogens with zero attached hydrogens (tertiary/aromatic N) is 1. The molecule has 0 aliphatic heterocycles. The summed E-state index contributed by atoms with van der Waals surface area (Å²) >= 11 is 0. The molecule has 3 N–H and O–H groups in total. The predicted octanol–water partition coefficient (Wildman–Crippen LogP) is 1.33. The number of benzene rings is 1. The summed E-state index contributed by atoms with van der Waals surface area (Å²) < 4.78 is 0. The van der Waals surface area contributed by atoms with Gasteiger partial charge in [0.15, 0.2) is 0 Å². The molecule has 0 aliphatic rings. The normalized spacial score (nSPS) is 11.0. The number of aryl methyl sites for hydroxylation is 1. The van der Waals surface area contributed by atoms with Gasteiger partial charge in [0.25, 0.3) is 0 Å². The van der Waals surface area contributed by atoms with Crippen molar-refractivity contribution in [1.29, 1.82) is 0 Å². The fourth-order valence-electron chi connectivity index (χ4n) is 1.24. The van der Waals surface area contributed by atoms with E-state index in [4.69, 9.17) is 5.73 Å². The van der Waals surface area contributed by atoms with Crippen molar-refractivity contribution in [3.8, 4) is 5.75 Å². The van der Waals surface area contributed by atoms with Crippen molar-refractivity contribution in [2.45, 2.75) is 13.3 Å². The second kappa shape index (κ2) is 5.40. The Labute approximate surface area is 84.3 Å². The number of hydrogen-bond donors (Lipinski definition) is 2. The summed E-state index contributed by atoms with van der Waals surface area (Å²) in [5.74, 6) is 0.329. The van der Waals surface area contributed by atoms with Gasteiger partial charge in [-0.1, -0.05) is 19.1 Å². The van der Waals surface area contributed by atoms with Crippen LogP contribution in [-0.4, -0.2) is 24.4 Å². The van der Waals surface area contributed by atoms with E-state index in [-0.39, 0.29) is 0 Å². The highest BCUT2D eigenvalue weighted by Gasteiger charge is 2.02. The molecule has 0 radical (unpaired) electrons. The Morgan fingerprint density at radius 3 is 2.93 bits per heavy atom. The summed E-state index contributed by atoms with van der Waals surface area (Å²) in [6.07, 6.45) is 2.49. The maximum absolute atomic E-state index is 9.77. The first kappa shape index (κ1) is 10.7. The zero-order valence-electron chi connectivity index (χ0n) is 8.40. The number of hydrogen-bond acceptors (Lipinski definition) is 3. The number of aromatic hydroxyl groups is 1. The fraction of sp³-hybridized carbons (Fsp3) is 0.364. The molecule has 1 aromatic rings. The van der Waals surface area contributed by atoms with Crippen molar-refractivity contribution in [3.05, 3.63) is 29.3 Å². The Kier molecular flexibility index (Phi) is 4.13. The molecular weight excluding hydrogens is 176 g/mol. The van der Waals surface area contributed by atoms with Gasteiger partial charge >= 0.3 is 0 Å². The van der Waals surface area contributed by atoms with Gasteiger partial charge in [0, 0.05) is 18.3 Å². The lowest BCUT2D eigenvalue weighted by atomic mass is 10.1. The lowest BCUT2D eigenvalue weighted by Gasteiger charge is -2.03. The van der Waals surface area contributed by atoms with Crippen molar-refractivity contribution >= 4 is 6.21 Å². The molecule has 3 nitrogen and oxygen atoms in total. The SMILES string of the molecule is CCc1cccc(C=NCCN)c1O. The van der Waals surface area contributed by atoms with E-state index < -0.39 is 0 Å². The third kappa shape index (κ3) is 2.57. The first-order valence-corrected chi connectivity index (χ1v) is 4.80. The molecule has 3 heteroatoms. The van der Waals surface area contributed by atoms with Crippen molar-refractivity contribution < 1.29 is 5.11 Å². The second-order valence-electron chi connectivity index (χ2n) is 3.03. The molecule has 1 rings (SSSR count). The number of rotatable bonds is 4. The van der Waals surface area contributed by atoms with Gasteiger partial charge in [0.1, 0.15) is 5.75 Å². The Morgan fingerprint density at radius 2 is 2.29 bits per heavy atom. The van der Waals surface area contributed by atoms with Crippen LogP contribution in [0.2, 0.25) is 0 Å². The van der Waals surface area contributed by atoms with Crippen LogP contribution in [0.25, 0.3) is 0 Å². The molecule has 0 saturated carbocycles. The first-order valence-electron chi connectivity index (χ1n) is 4.80. The van der Waals surface area contributed by atoms with E-state index in [0.29, 0.717) is 18.8 Å². The highest BCUT2D eigenvalue weighted by Crippen LogP contribution is 2.21. The Bertz CT molecular complexity index is 321. The van der Waals surface area contributed by atoms with Crippen LogP contribution in [0.5, 0.6) is 5.75 Å². The molecule has 0 heterocycles. The molecule has 76 valence electrons. The van der Waals surface area contributed by atoms with E-state index in [1.165, 1.54) is 0 Å². The molecule has 0 saturated heterocycles. The maximum atomic E-state index is 9.77. The third-order valence-electron chi connectivity index (χ3n) is 2.02. The van der Waals surface area contributed by atoms with Crippen molar-refractivity contribution in [2.24, 2.45) is 10.7 Å². The molecule has 0 aliphatic carbocycles. The van der Waals surface area contributed by atoms with Crippen LogP contribution < -0.4 is 5.73 Å². The number of para-hydroxylation sites is 1. The molecule has 1 aromatic carbocycles. The quantitative estimate of drug-likeness (QED) is 0.707. The number of aliphatic imine (C=N–C) groups is 1. The van der Waals surface area contributed by atoms with Crippen LogP contribution in [0.4, 0.5) is 0 Å². The van der Waals surface area contributed by atoms with Crippen molar-refractivity contribution in [3.63, 3.8) is 0 Å². The smallest absolute Gasteiger partial charge is 0.127 e. The number of nitrogens with two attached hydrogens (primary N) is 1. The van der Waals surface area contributed by atoms with Gasteiger partial charge in [-0.15, -0.1) is 0 Å². The monoisotopic (exact) mass is 192 g/mol. The minimum absolute atomic E-state index is 0.329. The average molecular weight is 192 g/mol. The van der Waals surface area contributed by atoms with Crippen molar-refractivity contribution in [1.82, 2.24) is 0 Å². The molecule has 0 unspecified atom stereocenters. The van der Waals surface area contributed by atoms with E-state index in [2.05, 4.69) is 4.99 Å². The fourth-order valence-corrected chi connectivity index (χ4v) is 1.24. The van der Waals surface area contributed by atoms with Gasteiger partial charge in [-0.2, -0.15) is 0 Å². The first-order chi connectivity index (χ1) is 6.79. The summed E-state index contributed by atoms with van der Waals surface area (Å²) in [6.45, 7) is 3.14. The summed E-state index contributed by atoms with van der Waals surface area (Å²) in [5.41, 5.74) is 7.02. The molecule has 0 amide bonds. The van der Waals surface area contributed by atoms with Gasteiger partial charge in [-0.05, 0) is 18.1 Å². The lowest BCUT2D eigenvalue weighted by molar-refractivity contribution is 0.468. The van der Waals surface area contributed by atoms with Crippen LogP contribution in [0.15, 0.2) is 23.2 Å². The molecule has 14 heavy (non-hydrogen) atoms. The lowest BCUT2D eigenvalue weighted by Crippen LogP contribution is -2.02. The van der Waals surface area contributed by atoms with Crippen LogP contribution in [0, 0.1) is 0 Å². The highest BCUT2D eigenvalue weighted by atomic mass is 16.3. The Hall–Kier alpha value is -1.35. The van der Waals surface area contributed by atoms with Gasteiger partial charge < -0.3 is 10.8 Å². The summed E-state index contributed by atoms with van der Waals surface area (Å²) in [4.78, 5) is 4.09. The molecular formula is C11H16N2O. The molecule has 0 fully saturated rings. The van der Waals surface area contributed by atoms with E-state index in [1.807, 2.05) is 25.1 Å². The average Bonchev–Trinajstić information content (AvgIpc) is 2.21. The zero-order valence-corrected chi connectivity index (χ0v) is 8.40. The topological polar surface area (TPSA) is 58.6 Å². The molecule has 0 aromatic heterocycles. The van der Waals surface area contributed by atoms with E-state index in [9.17, 15) is 5.11 Å². The Morgan fingerprint density at radius 1 is 1.50 bits per heavy atom. The van der Waals surface area contributed by atoms with Crippen LogP contribution in [-0.2, 0) is 6.42 Å². The Balaban J connectivity index is 2.86. The van der Waals surface area contributed by atoms with Gasteiger partial charge in [-0.25, -0.2) is 0 Å². The van der Waals surface area contributed by atoms with Crippen LogP contribution >= 0.6 is 0 Å². The van der Waals surface area contributed by atoms with Crippen LogP contribution in [0.3, 0.4) is 0 Å². The number of phenolic OH excluding ortho intramolecular Hbond substituents is 1. The highest BCUT2D eigenvalue weighted by molar-refractivity contribution is 5.84. The minimum atomic E-state index is 0.329. The largest absolute Gasteiger partial charge is 0.507 e. The predicted molar refractivity (Wildman–Crippen MR) is 59.0 cm³/mol. The van der Waals surface area contributed by atoms with Crippen LogP contribution in [0.1, 0.15) is 18.1 Å². The summed E-state index contributed by atoms with van der Waals surface area (Å²) in [7, 11) is 0. The molecule has 0 atom stereocenters. The minimum Gasteiger partial charge on any atom is -0.507 e. The van der Waals surface area contributed by atoms with Gasteiger partial charge in [-0.3, -0.25) is 4.99 Å². The van der Waals surface area contributed by atoms with E-state index in [0.717, 1.165) is 17.5 Å². The number of phenols is 1. The standard InChI is InChI=1S/C11H16N2O/c1-2-9-4-3-5-10(11(9)14)8-13-7-6-12/h3-5,8,14H,2,6-7,12H2,1H3. The maximum Gasteiger partial charge on any atom is 0.127 e. The third-order valence-corrected chi connectivity index (χ3v) is 2.02. The van der Waals surface area contributed by atoms with E-state index >= 15 is 0 Å². The molecule has 0 bridgehead atoms. The summed E-state index contributed by atoms with van der Waals surface area (Å²) in [6, 6.07) is 5.67. The second-order valence-corrected chi connectivity index (χ2v) is 3.03. The van der Waals surface area contributed by atoms with E-state index in [1.54, 1.807) is 6.21 Å². The summed E-state index contributed by atoms with van der Waals surface area (Å²) in [5, 5.41) is 9.77. The molecule has 0 spiro atoms. The van der Waals surface area contributed by atoms with Crippen molar-refractivity contribution in [2.75, 3.05) is 13.1 Å².